The number of aliphatic hydroxyl groups is 2. The third kappa shape index (κ3) is 3.25. The highest BCUT2D eigenvalue weighted by Gasteiger charge is 2.23. The summed E-state index contributed by atoms with van der Waals surface area (Å²) in [5, 5.41) is 21.4. The Morgan fingerprint density at radius 1 is 1.35 bits per heavy atom. The molecule has 0 radical (unpaired) electrons. The Labute approximate surface area is 101 Å². The van der Waals surface area contributed by atoms with Crippen LogP contribution in [0, 0.1) is 0 Å². The second kappa shape index (κ2) is 5.75. The van der Waals surface area contributed by atoms with E-state index in [2.05, 4.69) is 5.32 Å². The zero-order chi connectivity index (χ0) is 12.9. The number of rotatable bonds is 6. The molecule has 17 heavy (non-hydrogen) atoms. The van der Waals surface area contributed by atoms with Gasteiger partial charge < -0.3 is 26.0 Å². The number of nitrogen functional groups attached to an aromatic ring is 1. The average Bonchev–Trinajstić information content (AvgIpc) is 2.34. The molecule has 0 heterocycles. The first-order valence-corrected chi connectivity index (χ1v) is 5.57. The summed E-state index contributed by atoms with van der Waals surface area (Å²) in [6, 6.07) is 5.36. The maximum Gasteiger partial charge on any atom is 0.144 e. The maximum atomic E-state index is 9.22. The predicted octanol–water partition coefficient (Wildman–Crippen LogP) is 0.823. The summed E-state index contributed by atoms with van der Waals surface area (Å²) < 4.78 is 5.37. The van der Waals surface area contributed by atoms with Crippen LogP contribution in [0.1, 0.15) is 13.8 Å². The van der Waals surface area contributed by atoms with Crippen LogP contribution in [0.15, 0.2) is 18.2 Å². The number of hydrogen-bond donors (Lipinski definition) is 4. The van der Waals surface area contributed by atoms with Gasteiger partial charge in [0.05, 0.1) is 36.7 Å². The molecule has 96 valence electrons. The molecule has 1 rings (SSSR count). The van der Waals surface area contributed by atoms with Crippen molar-refractivity contribution in [1.29, 1.82) is 0 Å². The minimum atomic E-state index is -0.807. The molecule has 0 unspecified atom stereocenters. The number of aliphatic hydroxyl groups excluding tert-OH is 2. The molecule has 0 aliphatic heterocycles. The number of nitrogens with one attached hydrogen (secondary N) is 1. The Morgan fingerprint density at radius 2 is 2.00 bits per heavy atom. The van der Waals surface area contributed by atoms with E-state index in [-0.39, 0.29) is 13.2 Å². The lowest BCUT2D eigenvalue weighted by atomic mass is 10.0. The molecule has 0 aliphatic carbocycles. The van der Waals surface area contributed by atoms with Crippen LogP contribution in [-0.4, -0.2) is 35.6 Å². The first kappa shape index (κ1) is 13.6. The molecule has 0 spiro atoms. The van der Waals surface area contributed by atoms with Crippen molar-refractivity contribution in [2.24, 2.45) is 0 Å². The van der Waals surface area contributed by atoms with Gasteiger partial charge in [-0.1, -0.05) is 6.07 Å². The lowest BCUT2D eigenvalue weighted by molar-refractivity contribution is 0.147. The smallest absolute Gasteiger partial charge is 0.144 e. The molecular weight excluding hydrogens is 220 g/mol. The molecule has 0 atom stereocenters. The van der Waals surface area contributed by atoms with Gasteiger partial charge in [-0.3, -0.25) is 0 Å². The zero-order valence-corrected chi connectivity index (χ0v) is 10.2. The van der Waals surface area contributed by atoms with E-state index in [0.717, 1.165) is 0 Å². The van der Waals surface area contributed by atoms with Gasteiger partial charge in [0.1, 0.15) is 5.75 Å². The molecule has 1 aromatic rings. The maximum absolute atomic E-state index is 9.22. The van der Waals surface area contributed by atoms with E-state index in [4.69, 9.17) is 10.5 Å². The standard InChI is InChI=1S/C12H20N2O3/c1-3-17-10-6-4-5-9(11(10)13)14-12(2,7-15)8-16/h4-6,14-16H,3,7-8,13H2,1-2H3. The van der Waals surface area contributed by atoms with Crippen molar-refractivity contribution < 1.29 is 14.9 Å². The van der Waals surface area contributed by atoms with E-state index >= 15 is 0 Å². The number of benzene rings is 1. The van der Waals surface area contributed by atoms with Crippen molar-refractivity contribution in [2.75, 3.05) is 30.9 Å². The molecule has 0 amide bonds. The van der Waals surface area contributed by atoms with Crippen LogP contribution in [0.2, 0.25) is 0 Å². The third-order valence-electron chi connectivity index (χ3n) is 2.50. The number of para-hydroxylation sites is 1. The molecule has 0 aliphatic rings. The van der Waals surface area contributed by atoms with Crippen molar-refractivity contribution in [3.05, 3.63) is 18.2 Å². The molecule has 5 heteroatoms. The van der Waals surface area contributed by atoms with Crippen LogP contribution < -0.4 is 15.8 Å². The minimum Gasteiger partial charge on any atom is -0.492 e. The lowest BCUT2D eigenvalue weighted by Crippen LogP contribution is -2.42. The highest BCUT2D eigenvalue weighted by atomic mass is 16.5. The van der Waals surface area contributed by atoms with E-state index in [0.29, 0.717) is 23.7 Å². The van der Waals surface area contributed by atoms with Gasteiger partial charge >= 0.3 is 0 Å². The van der Waals surface area contributed by atoms with Crippen molar-refractivity contribution in [2.45, 2.75) is 19.4 Å². The molecule has 5 nitrogen and oxygen atoms in total. The summed E-state index contributed by atoms with van der Waals surface area (Å²) in [6.07, 6.45) is 0. The van der Waals surface area contributed by atoms with Crippen LogP contribution in [0.5, 0.6) is 5.75 Å². The van der Waals surface area contributed by atoms with Crippen molar-refractivity contribution >= 4 is 11.4 Å². The van der Waals surface area contributed by atoms with E-state index in [1.165, 1.54) is 0 Å². The van der Waals surface area contributed by atoms with Crippen molar-refractivity contribution in [3.63, 3.8) is 0 Å². The van der Waals surface area contributed by atoms with E-state index in [1.54, 1.807) is 25.1 Å². The molecule has 0 saturated carbocycles. The average molecular weight is 240 g/mol. The summed E-state index contributed by atoms with van der Waals surface area (Å²) in [4.78, 5) is 0. The Balaban J connectivity index is 2.95. The van der Waals surface area contributed by atoms with Gasteiger partial charge in [-0.05, 0) is 26.0 Å². The molecule has 0 fully saturated rings. The van der Waals surface area contributed by atoms with Gasteiger partial charge in [-0.2, -0.15) is 0 Å². The monoisotopic (exact) mass is 240 g/mol. The Morgan fingerprint density at radius 3 is 2.53 bits per heavy atom. The topological polar surface area (TPSA) is 87.7 Å². The van der Waals surface area contributed by atoms with Gasteiger partial charge in [-0.25, -0.2) is 0 Å². The van der Waals surface area contributed by atoms with Gasteiger partial charge in [0.2, 0.25) is 0 Å². The minimum absolute atomic E-state index is 0.193. The third-order valence-corrected chi connectivity index (χ3v) is 2.50. The van der Waals surface area contributed by atoms with Gasteiger partial charge in [0.15, 0.2) is 0 Å². The van der Waals surface area contributed by atoms with Crippen LogP contribution in [0.3, 0.4) is 0 Å². The highest BCUT2D eigenvalue weighted by Crippen LogP contribution is 2.31. The second-order valence-corrected chi connectivity index (χ2v) is 4.15. The number of hydrogen-bond acceptors (Lipinski definition) is 5. The van der Waals surface area contributed by atoms with Crippen LogP contribution >= 0.6 is 0 Å². The largest absolute Gasteiger partial charge is 0.492 e. The van der Waals surface area contributed by atoms with E-state index in [1.807, 2.05) is 6.92 Å². The molecule has 0 saturated heterocycles. The predicted molar refractivity (Wildman–Crippen MR) is 68.2 cm³/mol. The summed E-state index contributed by atoms with van der Waals surface area (Å²) >= 11 is 0. The Bertz CT molecular complexity index is 365. The Hall–Kier alpha value is -1.46. The molecule has 0 aromatic heterocycles. The van der Waals surface area contributed by atoms with Crippen molar-refractivity contribution in [3.8, 4) is 5.75 Å². The number of ether oxygens (including phenoxy) is 1. The van der Waals surface area contributed by atoms with Crippen molar-refractivity contribution in [1.82, 2.24) is 0 Å². The van der Waals surface area contributed by atoms with Gasteiger partial charge in [-0.15, -0.1) is 0 Å². The fourth-order valence-corrected chi connectivity index (χ4v) is 1.39. The lowest BCUT2D eigenvalue weighted by Gasteiger charge is -2.28. The summed E-state index contributed by atoms with van der Waals surface area (Å²) in [7, 11) is 0. The fourth-order valence-electron chi connectivity index (χ4n) is 1.39. The first-order chi connectivity index (χ1) is 8.06. The molecule has 0 bridgehead atoms. The van der Waals surface area contributed by atoms with E-state index < -0.39 is 5.54 Å². The van der Waals surface area contributed by atoms with E-state index in [9.17, 15) is 10.2 Å². The molecular formula is C12H20N2O3. The van der Waals surface area contributed by atoms with Crippen LogP contribution in [-0.2, 0) is 0 Å². The molecule has 5 N–H and O–H groups in total. The van der Waals surface area contributed by atoms with Gasteiger partial charge in [0.25, 0.3) is 0 Å². The van der Waals surface area contributed by atoms with Gasteiger partial charge in [0, 0.05) is 0 Å². The Kier molecular flexibility index (Phi) is 4.60. The van der Waals surface area contributed by atoms with Crippen LogP contribution in [0.25, 0.3) is 0 Å². The fraction of sp³-hybridized carbons (Fsp3) is 0.500. The SMILES string of the molecule is CCOc1cccc(NC(C)(CO)CO)c1N. The number of anilines is 2. The van der Waals surface area contributed by atoms with Crippen LogP contribution in [0.4, 0.5) is 11.4 Å². The molecule has 1 aromatic carbocycles. The summed E-state index contributed by atoms with van der Waals surface area (Å²) in [6.45, 7) is 3.74. The highest BCUT2D eigenvalue weighted by molar-refractivity contribution is 5.73. The number of nitrogens with two attached hydrogens (primary N) is 1. The summed E-state index contributed by atoms with van der Waals surface area (Å²) in [5.74, 6) is 0.593. The zero-order valence-electron chi connectivity index (χ0n) is 10.2. The normalized spacial score (nSPS) is 11.3. The quantitative estimate of drug-likeness (QED) is 0.553. The first-order valence-electron chi connectivity index (χ1n) is 5.57. The summed E-state index contributed by atoms with van der Waals surface area (Å²) in [5.41, 5.74) is 6.24. The second-order valence-electron chi connectivity index (χ2n) is 4.15.